The Labute approximate surface area is 128 Å². The Kier molecular flexibility index (Phi) is 3.15. The van der Waals surface area contributed by atoms with E-state index in [4.69, 9.17) is 27.7 Å². The first kappa shape index (κ1) is 13.9. The van der Waals surface area contributed by atoms with Crippen molar-refractivity contribution >= 4 is 34.1 Å². The molecular formula is C13H9Cl2N3O3. The van der Waals surface area contributed by atoms with Crippen molar-refractivity contribution in [2.24, 2.45) is 0 Å². The third-order valence-electron chi connectivity index (χ3n) is 3.27. The summed E-state index contributed by atoms with van der Waals surface area (Å²) in [5, 5.41) is 13.9. The second-order valence-electron chi connectivity index (χ2n) is 4.53. The first-order chi connectivity index (χ1) is 9.91. The molecule has 3 aromatic rings. The molecule has 2 heterocycles. The summed E-state index contributed by atoms with van der Waals surface area (Å²) in [5.41, 5.74) is 0.952. The van der Waals surface area contributed by atoms with Gasteiger partial charge in [0.25, 0.3) is 5.56 Å². The molecule has 21 heavy (non-hydrogen) atoms. The summed E-state index contributed by atoms with van der Waals surface area (Å²) in [7, 11) is 0. The molecule has 8 heteroatoms. The highest BCUT2D eigenvalue weighted by atomic mass is 35.5. The smallest absolute Gasteiger partial charge is 0.269 e. The Morgan fingerprint density at radius 1 is 1.29 bits per heavy atom. The molecular weight excluding hydrogens is 317 g/mol. The van der Waals surface area contributed by atoms with Gasteiger partial charge in [-0.05, 0) is 19.9 Å². The fraction of sp³-hybridized carbons (Fsp3) is 0.154. The Morgan fingerprint density at radius 3 is 2.62 bits per heavy atom. The van der Waals surface area contributed by atoms with Crippen LogP contribution in [0.1, 0.15) is 11.3 Å². The van der Waals surface area contributed by atoms with Gasteiger partial charge in [-0.1, -0.05) is 28.4 Å². The molecule has 0 aliphatic carbocycles. The van der Waals surface area contributed by atoms with Crippen molar-refractivity contribution in [3.63, 3.8) is 0 Å². The maximum atomic E-state index is 12.6. The van der Waals surface area contributed by atoms with Gasteiger partial charge in [0, 0.05) is 5.56 Å². The predicted molar refractivity (Wildman–Crippen MR) is 78.6 cm³/mol. The number of rotatable bonds is 1. The predicted octanol–water partition coefficient (Wildman–Crippen LogP) is 3.00. The highest BCUT2D eigenvalue weighted by molar-refractivity contribution is 6.39. The van der Waals surface area contributed by atoms with Gasteiger partial charge in [-0.2, -0.15) is 0 Å². The summed E-state index contributed by atoms with van der Waals surface area (Å²) in [6.45, 7) is 3.54. The van der Waals surface area contributed by atoms with Gasteiger partial charge < -0.3 is 9.63 Å². The standard InChI is InChI=1S/C13H9Cl2N3O3/c1-5-6(2)17-21-13(5)18-4-16-10-9(12(18)20)7(14)3-8(15)11(10)19/h3-4,19H,1-2H3. The quantitative estimate of drug-likeness (QED) is 0.743. The molecule has 0 atom stereocenters. The van der Waals surface area contributed by atoms with Gasteiger partial charge in [-0.15, -0.1) is 0 Å². The number of phenols is 1. The van der Waals surface area contributed by atoms with E-state index < -0.39 is 5.56 Å². The Morgan fingerprint density at radius 2 is 2.00 bits per heavy atom. The molecule has 0 saturated heterocycles. The molecule has 6 nitrogen and oxygen atoms in total. The largest absolute Gasteiger partial charge is 0.504 e. The second-order valence-corrected chi connectivity index (χ2v) is 5.34. The molecule has 3 rings (SSSR count). The third-order valence-corrected chi connectivity index (χ3v) is 3.85. The van der Waals surface area contributed by atoms with E-state index in [0.29, 0.717) is 11.3 Å². The fourth-order valence-corrected chi connectivity index (χ4v) is 2.52. The van der Waals surface area contributed by atoms with Crippen LogP contribution in [0.2, 0.25) is 10.0 Å². The van der Waals surface area contributed by atoms with Crippen molar-refractivity contribution in [1.29, 1.82) is 0 Å². The van der Waals surface area contributed by atoms with Gasteiger partial charge >= 0.3 is 0 Å². The van der Waals surface area contributed by atoms with Gasteiger partial charge in [0.15, 0.2) is 5.75 Å². The molecule has 0 radical (unpaired) electrons. The van der Waals surface area contributed by atoms with E-state index in [-0.39, 0.29) is 32.6 Å². The minimum absolute atomic E-state index is 0.0313. The van der Waals surface area contributed by atoms with E-state index in [1.807, 2.05) is 0 Å². The van der Waals surface area contributed by atoms with E-state index in [1.165, 1.54) is 17.0 Å². The lowest BCUT2D eigenvalue weighted by atomic mass is 10.2. The molecule has 0 aliphatic rings. The van der Waals surface area contributed by atoms with Gasteiger partial charge in [0.2, 0.25) is 5.88 Å². The molecule has 108 valence electrons. The Balaban J connectivity index is 2.42. The molecule has 0 amide bonds. The topological polar surface area (TPSA) is 81.2 Å². The highest BCUT2D eigenvalue weighted by Gasteiger charge is 2.18. The summed E-state index contributed by atoms with van der Waals surface area (Å²) in [5.74, 6) is -0.0248. The minimum atomic E-state index is -0.476. The number of aromatic hydroxyl groups is 1. The van der Waals surface area contributed by atoms with Gasteiger partial charge in [0.1, 0.15) is 11.8 Å². The molecule has 0 fully saturated rings. The van der Waals surface area contributed by atoms with E-state index in [1.54, 1.807) is 13.8 Å². The normalized spacial score (nSPS) is 11.2. The van der Waals surface area contributed by atoms with Crippen LogP contribution in [0.15, 0.2) is 21.7 Å². The van der Waals surface area contributed by atoms with Crippen molar-refractivity contribution in [2.45, 2.75) is 13.8 Å². The lowest BCUT2D eigenvalue weighted by Crippen LogP contribution is -2.19. The number of phenolic OH excluding ortho intramolecular Hbond substituents is 1. The van der Waals surface area contributed by atoms with Crippen molar-refractivity contribution in [2.75, 3.05) is 0 Å². The van der Waals surface area contributed by atoms with Gasteiger partial charge in [-0.3, -0.25) is 4.79 Å². The van der Waals surface area contributed by atoms with Crippen molar-refractivity contribution in [1.82, 2.24) is 14.7 Å². The van der Waals surface area contributed by atoms with Crippen LogP contribution < -0.4 is 5.56 Å². The monoisotopic (exact) mass is 325 g/mol. The van der Waals surface area contributed by atoms with E-state index in [2.05, 4.69) is 10.1 Å². The second kappa shape index (κ2) is 4.75. The first-order valence-corrected chi connectivity index (χ1v) is 6.69. The zero-order valence-corrected chi connectivity index (χ0v) is 12.5. The van der Waals surface area contributed by atoms with E-state index in [0.717, 1.165) is 0 Å². The molecule has 1 aromatic carbocycles. The molecule has 0 aliphatic heterocycles. The minimum Gasteiger partial charge on any atom is -0.504 e. The Hall–Kier alpha value is -2.05. The SMILES string of the molecule is Cc1noc(-n2cnc3c(O)c(Cl)cc(Cl)c3c2=O)c1C. The maximum absolute atomic E-state index is 12.6. The van der Waals surface area contributed by atoms with Crippen LogP contribution in [-0.4, -0.2) is 19.8 Å². The van der Waals surface area contributed by atoms with E-state index in [9.17, 15) is 9.90 Å². The average Bonchev–Trinajstić information content (AvgIpc) is 2.76. The highest BCUT2D eigenvalue weighted by Crippen LogP contribution is 2.34. The summed E-state index contributed by atoms with van der Waals surface area (Å²) in [6, 6.07) is 1.30. The summed E-state index contributed by atoms with van der Waals surface area (Å²) >= 11 is 11.9. The molecule has 0 saturated carbocycles. The molecule has 2 aromatic heterocycles. The maximum Gasteiger partial charge on any atom is 0.269 e. The van der Waals surface area contributed by atoms with Gasteiger partial charge in [0.05, 0.1) is 21.1 Å². The number of hydrogen-bond donors (Lipinski definition) is 1. The summed E-state index contributed by atoms with van der Waals surface area (Å²) < 4.78 is 6.34. The summed E-state index contributed by atoms with van der Waals surface area (Å²) in [6.07, 6.45) is 1.24. The molecule has 0 bridgehead atoms. The summed E-state index contributed by atoms with van der Waals surface area (Å²) in [4.78, 5) is 16.6. The zero-order valence-electron chi connectivity index (χ0n) is 11.0. The van der Waals surface area contributed by atoms with Crippen LogP contribution in [0.3, 0.4) is 0 Å². The average molecular weight is 326 g/mol. The molecule has 0 spiro atoms. The number of fused-ring (bicyclic) bond motifs is 1. The number of hydrogen-bond acceptors (Lipinski definition) is 5. The van der Waals surface area contributed by atoms with Crippen LogP contribution >= 0.6 is 23.2 Å². The van der Waals surface area contributed by atoms with Crippen LogP contribution in [0.4, 0.5) is 0 Å². The van der Waals surface area contributed by atoms with E-state index >= 15 is 0 Å². The zero-order chi connectivity index (χ0) is 15.3. The van der Waals surface area contributed by atoms with Crippen LogP contribution in [-0.2, 0) is 0 Å². The van der Waals surface area contributed by atoms with Crippen molar-refractivity contribution < 1.29 is 9.63 Å². The number of benzene rings is 1. The lowest BCUT2D eigenvalue weighted by Gasteiger charge is -2.07. The number of aromatic nitrogens is 3. The molecule has 0 unspecified atom stereocenters. The van der Waals surface area contributed by atoms with Gasteiger partial charge in [-0.25, -0.2) is 9.55 Å². The first-order valence-electron chi connectivity index (χ1n) is 5.93. The number of aryl methyl sites for hydroxylation is 1. The molecule has 1 N–H and O–H groups in total. The Bertz CT molecular complexity index is 931. The van der Waals surface area contributed by atoms with Crippen molar-refractivity contribution in [3.8, 4) is 11.6 Å². The third kappa shape index (κ3) is 1.99. The van der Waals surface area contributed by atoms with Crippen LogP contribution in [0, 0.1) is 13.8 Å². The number of halogens is 2. The van der Waals surface area contributed by atoms with Crippen LogP contribution in [0.25, 0.3) is 16.8 Å². The lowest BCUT2D eigenvalue weighted by molar-refractivity contribution is 0.398. The van der Waals surface area contributed by atoms with Crippen LogP contribution in [0.5, 0.6) is 5.75 Å². The van der Waals surface area contributed by atoms with Crippen molar-refractivity contribution in [3.05, 3.63) is 44.1 Å². The fourth-order valence-electron chi connectivity index (χ4n) is 1.99. The number of nitrogens with zero attached hydrogens (tertiary/aromatic N) is 3.